The smallest absolute Gasteiger partial charge is 0.326 e. The number of aliphatic carboxylic acids is 3. The van der Waals surface area contributed by atoms with Crippen molar-refractivity contribution in [3.63, 3.8) is 0 Å². The molecule has 4 amide bonds. The number of carbonyl (C=O) groups is 7. The zero-order valence-electron chi connectivity index (χ0n) is 31.6. The topological polar surface area (TPSA) is 282 Å². The number of amides is 4. The van der Waals surface area contributed by atoms with Crippen molar-refractivity contribution in [1.82, 2.24) is 21.3 Å². The molecular formula is C39H48N8O10. The number of carboxylic acid groups (broad SMARTS) is 3. The van der Waals surface area contributed by atoms with E-state index in [1.807, 2.05) is 43.3 Å². The maximum Gasteiger partial charge on any atom is 0.326 e. The molecule has 304 valence electrons. The molecule has 0 radical (unpaired) electrons. The highest BCUT2D eigenvalue weighted by Gasteiger charge is 2.31. The first-order valence-electron chi connectivity index (χ1n) is 18.1. The lowest BCUT2D eigenvalue weighted by molar-refractivity contribution is -0.142. The van der Waals surface area contributed by atoms with E-state index in [2.05, 4.69) is 31.5 Å². The maximum absolute atomic E-state index is 13.5. The van der Waals surface area contributed by atoms with E-state index in [-0.39, 0.29) is 25.3 Å². The van der Waals surface area contributed by atoms with Gasteiger partial charge in [-0.15, -0.1) is 0 Å². The van der Waals surface area contributed by atoms with Crippen LogP contribution in [0.4, 0.5) is 17.1 Å². The van der Waals surface area contributed by atoms with E-state index in [0.717, 1.165) is 5.69 Å². The van der Waals surface area contributed by atoms with E-state index in [9.17, 15) is 43.8 Å². The maximum atomic E-state index is 13.5. The number of nitrogens with two attached hydrogens (primary N) is 1. The third-order valence-corrected chi connectivity index (χ3v) is 8.52. The molecule has 0 fully saturated rings. The van der Waals surface area contributed by atoms with Crippen molar-refractivity contribution < 1.29 is 48.9 Å². The third kappa shape index (κ3) is 15.9. The van der Waals surface area contributed by atoms with E-state index in [4.69, 9.17) is 10.8 Å². The second kappa shape index (κ2) is 22.6. The summed E-state index contributed by atoms with van der Waals surface area (Å²) in [5.41, 5.74) is 8.85. The second-order valence-electron chi connectivity index (χ2n) is 13.3. The van der Waals surface area contributed by atoms with Gasteiger partial charge in [0.2, 0.25) is 17.7 Å². The average Bonchev–Trinajstić information content (AvgIpc) is 3.17. The van der Waals surface area contributed by atoms with Gasteiger partial charge in [0.1, 0.15) is 18.1 Å². The normalized spacial score (nSPS) is 13.0. The zero-order chi connectivity index (χ0) is 41.9. The van der Waals surface area contributed by atoms with Crippen LogP contribution in [-0.4, -0.2) is 102 Å². The summed E-state index contributed by atoms with van der Waals surface area (Å²) in [6, 6.07) is 16.8. The molecule has 0 saturated carbocycles. The number of hydrogen-bond acceptors (Lipinski definition) is 11. The van der Waals surface area contributed by atoms with Crippen molar-refractivity contribution in [3.05, 3.63) is 90.0 Å². The molecule has 0 bridgehead atoms. The van der Waals surface area contributed by atoms with Crippen molar-refractivity contribution >= 4 is 58.6 Å². The largest absolute Gasteiger partial charge is 0.481 e. The van der Waals surface area contributed by atoms with Crippen LogP contribution < -0.4 is 31.9 Å². The van der Waals surface area contributed by atoms with Gasteiger partial charge in [-0.05, 0) is 79.8 Å². The van der Waals surface area contributed by atoms with E-state index in [1.54, 1.807) is 54.6 Å². The van der Waals surface area contributed by atoms with Gasteiger partial charge in [-0.1, -0.05) is 30.3 Å². The minimum atomic E-state index is -1.54. The van der Waals surface area contributed by atoms with Crippen LogP contribution in [0.5, 0.6) is 0 Å². The first-order valence-corrected chi connectivity index (χ1v) is 18.1. The molecule has 0 aliphatic carbocycles. The Bertz CT molecular complexity index is 1870. The molecular weight excluding hydrogens is 740 g/mol. The number of hydrogen-bond donors (Lipinski definition) is 8. The Morgan fingerprint density at radius 2 is 1.23 bits per heavy atom. The van der Waals surface area contributed by atoms with Crippen LogP contribution in [0.1, 0.15) is 54.4 Å². The van der Waals surface area contributed by atoms with Gasteiger partial charge in [0.25, 0.3) is 5.91 Å². The summed E-state index contributed by atoms with van der Waals surface area (Å²) in [4.78, 5) is 88.5. The van der Waals surface area contributed by atoms with Crippen LogP contribution >= 0.6 is 0 Å². The molecule has 0 unspecified atom stereocenters. The fraction of sp³-hybridized carbons (Fsp3) is 0.359. The highest BCUT2D eigenvalue weighted by atomic mass is 16.4. The minimum Gasteiger partial charge on any atom is -0.481 e. The number of carbonyl (C=O) groups excluding carboxylic acids is 4. The van der Waals surface area contributed by atoms with Crippen molar-refractivity contribution in [2.24, 2.45) is 16.0 Å². The lowest BCUT2D eigenvalue weighted by Crippen LogP contribution is -2.57. The summed E-state index contributed by atoms with van der Waals surface area (Å²) < 4.78 is 0. The van der Waals surface area contributed by atoms with Gasteiger partial charge in [-0.3, -0.25) is 28.8 Å². The van der Waals surface area contributed by atoms with E-state index in [1.165, 1.54) is 0 Å². The Balaban J connectivity index is 1.57. The summed E-state index contributed by atoms with van der Waals surface area (Å²) in [5.74, 6) is -7.17. The minimum absolute atomic E-state index is 0.0146. The molecule has 3 aromatic carbocycles. The number of carboxylic acids is 3. The van der Waals surface area contributed by atoms with Crippen molar-refractivity contribution in [2.45, 2.75) is 69.1 Å². The van der Waals surface area contributed by atoms with Crippen molar-refractivity contribution in [1.29, 1.82) is 0 Å². The molecule has 0 aliphatic heterocycles. The van der Waals surface area contributed by atoms with E-state index < -0.39 is 79.1 Å². The van der Waals surface area contributed by atoms with Crippen LogP contribution in [0.3, 0.4) is 0 Å². The second-order valence-corrected chi connectivity index (χ2v) is 13.3. The highest BCUT2D eigenvalue weighted by molar-refractivity contribution is 5.95. The Kier molecular flexibility index (Phi) is 17.7. The Morgan fingerprint density at radius 3 is 1.79 bits per heavy atom. The number of nitrogens with zero attached hydrogens (tertiary/aromatic N) is 3. The van der Waals surface area contributed by atoms with Gasteiger partial charge >= 0.3 is 17.9 Å². The summed E-state index contributed by atoms with van der Waals surface area (Å²) >= 11 is 0. The molecule has 0 spiro atoms. The molecule has 4 atom stereocenters. The van der Waals surface area contributed by atoms with Crippen LogP contribution in [0.15, 0.2) is 89.1 Å². The number of benzene rings is 3. The van der Waals surface area contributed by atoms with E-state index in [0.29, 0.717) is 35.3 Å². The number of rotatable bonds is 23. The molecule has 0 aromatic heterocycles. The Morgan fingerprint density at radius 1 is 0.667 bits per heavy atom. The van der Waals surface area contributed by atoms with Gasteiger partial charge in [0.15, 0.2) is 0 Å². The van der Waals surface area contributed by atoms with Gasteiger partial charge in [-0.2, -0.15) is 10.2 Å². The Labute approximate surface area is 328 Å². The number of nitrogens with one attached hydrogen (secondary N) is 4. The summed E-state index contributed by atoms with van der Waals surface area (Å²) in [7, 11) is 3.88. The molecule has 18 heteroatoms. The molecule has 3 aromatic rings. The van der Waals surface area contributed by atoms with Gasteiger partial charge in [0, 0.05) is 44.7 Å². The molecule has 3 rings (SSSR count). The van der Waals surface area contributed by atoms with Gasteiger partial charge in [-0.25, -0.2) is 4.79 Å². The quantitative estimate of drug-likeness (QED) is 0.0508. The fourth-order valence-corrected chi connectivity index (χ4v) is 5.35. The molecule has 9 N–H and O–H groups in total. The summed E-state index contributed by atoms with van der Waals surface area (Å²) in [6.45, 7) is 0.218. The lowest BCUT2D eigenvalue weighted by atomic mass is 10.0. The number of anilines is 1. The molecule has 57 heavy (non-hydrogen) atoms. The van der Waals surface area contributed by atoms with Crippen molar-refractivity contribution in [2.75, 3.05) is 25.5 Å². The lowest BCUT2D eigenvalue weighted by Gasteiger charge is -2.25. The van der Waals surface area contributed by atoms with E-state index >= 15 is 0 Å². The van der Waals surface area contributed by atoms with Crippen LogP contribution in [0, 0.1) is 0 Å². The van der Waals surface area contributed by atoms with Crippen LogP contribution in [0.25, 0.3) is 0 Å². The van der Waals surface area contributed by atoms with Gasteiger partial charge in [0.05, 0.1) is 23.8 Å². The Hall–Kier alpha value is -6.69. The number of azo groups is 1. The molecule has 0 saturated heterocycles. The molecule has 0 aliphatic rings. The SMILES string of the molecule is CN(C)c1ccc(N=Nc2ccc(C(=O)NCCCC[C@H](NC(=O)[C@H](Cc3ccccc3)NC(=O)[C@H](CCC(=O)O)NC(=O)[C@@H](N)CC(=O)O)C(=O)O)cc2)cc1. The van der Waals surface area contributed by atoms with Crippen LogP contribution in [-0.2, 0) is 35.2 Å². The van der Waals surface area contributed by atoms with Crippen LogP contribution in [0.2, 0.25) is 0 Å². The zero-order valence-corrected chi connectivity index (χ0v) is 31.6. The first-order chi connectivity index (χ1) is 27.1. The molecule has 18 nitrogen and oxygen atoms in total. The monoisotopic (exact) mass is 788 g/mol. The third-order valence-electron chi connectivity index (χ3n) is 8.52. The summed E-state index contributed by atoms with van der Waals surface area (Å²) in [5, 5.41) is 46.4. The van der Waals surface area contributed by atoms with Gasteiger partial charge < -0.3 is 47.2 Å². The summed E-state index contributed by atoms with van der Waals surface area (Å²) in [6.07, 6.45) is -1.16. The highest BCUT2D eigenvalue weighted by Crippen LogP contribution is 2.21. The predicted octanol–water partition coefficient (Wildman–Crippen LogP) is 2.52. The van der Waals surface area contributed by atoms with Crippen molar-refractivity contribution in [3.8, 4) is 0 Å². The standard InChI is InChI=1S/C39H48N8O10/c1-47(2)28-17-15-27(16-18-28)46-45-26-13-11-25(12-14-26)35(52)41-21-7-6-10-31(39(56)57)43-38(55)32(22-24-8-4-3-5-9-24)44-37(54)30(19-20-33(48)49)42-36(53)29(40)23-34(50)51/h3-5,8-9,11-18,29-32H,6-7,10,19-23,40H2,1-2H3,(H,41,52)(H,42,53)(H,43,55)(H,44,54)(H,48,49)(H,50,51)(H,56,57)/t29-,30-,31-,32-/m0/s1. The first kappa shape index (κ1) is 44.7. The predicted molar refractivity (Wildman–Crippen MR) is 208 cm³/mol. The molecule has 0 heterocycles. The number of unbranched alkanes of at least 4 members (excludes halogenated alkanes) is 1. The average molecular weight is 789 g/mol. The fourth-order valence-electron chi connectivity index (χ4n) is 5.35.